The quantitative estimate of drug-likeness (QED) is 0.647. The second-order valence-electron chi connectivity index (χ2n) is 7.85. The molecule has 1 aromatic carbocycles. The predicted molar refractivity (Wildman–Crippen MR) is 114 cm³/mol. The molecule has 2 aliphatic heterocycles. The van der Waals surface area contributed by atoms with Gasteiger partial charge in [-0.3, -0.25) is 4.79 Å². The van der Waals surface area contributed by atoms with E-state index in [0.29, 0.717) is 53.5 Å². The van der Waals surface area contributed by atoms with Crippen LogP contribution >= 0.6 is 11.3 Å². The van der Waals surface area contributed by atoms with Crippen molar-refractivity contribution in [3.63, 3.8) is 0 Å². The molecule has 1 N–H and O–H groups in total. The Balaban J connectivity index is 1.74. The minimum absolute atomic E-state index is 0.317. The molecule has 0 radical (unpaired) electrons. The standard InChI is InChI=1S/C22H20N2O6S/c1-11(2)10-29-17-8-16-18(12-3-5-28-19(12)17)14-7-15(25)13(22(26)27)9-24(14)21(30-16)20-23-4-6-31-20/h4,6-9,11,21H,3,5,10H2,1-2H3,(H,26,27). The van der Waals surface area contributed by atoms with E-state index in [1.807, 2.05) is 5.38 Å². The Hall–Kier alpha value is -3.33. The first-order valence-corrected chi connectivity index (χ1v) is 10.8. The van der Waals surface area contributed by atoms with Crippen molar-refractivity contribution in [2.24, 2.45) is 5.92 Å². The SMILES string of the molecule is CC(C)COc1cc2c(c3c1OCC3)-c1cc(=O)c(C(=O)O)cn1C(c1nccs1)O2. The fourth-order valence-electron chi connectivity index (χ4n) is 3.86. The topological polar surface area (TPSA) is 99.9 Å². The van der Waals surface area contributed by atoms with E-state index in [4.69, 9.17) is 14.2 Å². The third-order valence-corrected chi connectivity index (χ3v) is 6.01. The molecule has 160 valence electrons. The first kappa shape index (κ1) is 19.6. The number of carbonyl (C=O) groups is 1. The summed E-state index contributed by atoms with van der Waals surface area (Å²) < 4.78 is 19.9. The van der Waals surface area contributed by atoms with Crippen LogP contribution in [0.15, 0.2) is 34.7 Å². The zero-order chi connectivity index (χ0) is 21.7. The summed E-state index contributed by atoms with van der Waals surface area (Å²) in [6, 6.07) is 3.15. The number of nitrogens with zero attached hydrogens (tertiary/aromatic N) is 2. The van der Waals surface area contributed by atoms with E-state index >= 15 is 0 Å². The minimum atomic E-state index is -1.28. The molecule has 5 rings (SSSR count). The molecule has 0 aliphatic carbocycles. The van der Waals surface area contributed by atoms with Gasteiger partial charge in [-0.1, -0.05) is 13.8 Å². The van der Waals surface area contributed by atoms with Crippen molar-refractivity contribution in [3.8, 4) is 28.5 Å². The van der Waals surface area contributed by atoms with Gasteiger partial charge in [0, 0.05) is 47.5 Å². The molecular formula is C22H20N2O6S. The van der Waals surface area contributed by atoms with Gasteiger partial charge >= 0.3 is 5.97 Å². The Kier molecular flexibility index (Phi) is 4.70. The zero-order valence-corrected chi connectivity index (χ0v) is 17.8. The molecular weight excluding hydrogens is 420 g/mol. The molecule has 31 heavy (non-hydrogen) atoms. The van der Waals surface area contributed by atoms with E-state index in [1.54, 1.807) is 16.8 Å². The van der Waals surface area contributed by atoms with Crippen molar-refractivity contribution in [2.45, 2.75) is 26.5 Å². The highest BCUT2D eigenvalue weighted by molar-refractivity contribution is 7.09. The van der Waals surface area contributed by atoms with Gasteiger partial charge in [0.25, 0.3) is 0 Å². The zero-order valence-electron chi connectivity index (χ0n) is 17.0. The van der Waals surface area contributed by atoms with E-state index in [0.717, 1.165) is 11.1 Å². The van der Waals surface area contributed by atoms with Crippen LogP contribution in [0.4, 0.5) is 0 Å². The number of thiazole rings is 1. The van der Waals surface area contributed by atoms with Crippen LogP contribution < -0.4 is 19.6 Å². The van der Waals surface area contributed by atoms with Gasteiger partial charge in [-0.15, -0.1) is 11.3 Å². The van der Waals surface area contributed by atoms with Crippen LogP contribution in [-0.2, 0) is 6.42 Å². The summed E-state index contributed by atoms with van der Waals surface area (Å²) in [6.07, 6.45) is 2.93. The number of carboxylic acids is 1. The molecule has 2 aromatic heterocycles. The fraction of sp³-hybridized carbons (Fsp3) is 0.318. The summed E-state index contributed by atoms with van der Waals surface area (Å²) in [7, 11) is 0. The lowest BCUT2D eigenvalue weighted by Gasteiger charge is -2.31. The summed E-state index contributed by atoms with van der Waals surface area (Å²) in [6.45, 7) is 5.16. The number of rotatable bonds is 5. The van der Waals surface area contributed by atoms with Crippen molar-refractivity contribution in [1.82, 2.24) is 9.55 Å². The van der Waals surface area contributed by atoms with E-state index in [9.17, 15) is 14.7 Å². The number of hydrogen-bond acceptors (Lipinski definition) is 7. The highest BCUT2D eigenvalue weighted by atomic mass is 32.1. The van der Waals surface area contributed by atoms with E-state index in [-0.39, 0.29) is 5.56 Å². The molecule has 1 atom stereocenters. The van der Waals surface area contributed by atoms with Gasteiger partial charge < -0.3 is 23.9 Å². The van der Waals surface area contributed by atoms with Crippen LogP contribution in [0, 0.1) is 5.92 Å². The lowest BCUT2D eigenvalue weighted by molar-refractivity contribution is 0.0693. The van der Waals surface area contributed by atoms with E-state index in [2.05, 4.69) is 18.8 Å². The number of pyridine rings is 1. The van der Waals surface area contributed by atoms with Gasteiger partial charge in [0.15, 0.2) is 21.9 Å². The Bertz CT molecular complexity index is 1230. The maximum absolute atomic E-state index is 12.6. The molecule has 1 unspecified atom stereocenters. The second-order valence-corrected chi connectivity index (χ2v) is 8.77. The van der Waals surface area contributed by atoms with Crippen molar-refractivity contribution in [2.75, 3.05) is 13.2 Å². The monoisotopic (exact) mass is 440 g/mol. The van der Waals surface area contributed by atoms with Gasteiger partial charge in [0.05, 0.1) is 18.9 Å². The summed E-state index contributed by atoms with van der Waals surface area (Å²) in [5, 5.41) is 11.9. The van der Waals surface area contributed by atoms with Crippen molar-refractivity contribution >= 4 is 17.3 Å². The summed E-state index contributed by atoms with van der Waals surface area (Å²) in [4.78, 5) is 28.5. The molecule has 2 aliphatic rings. The van der Waals surface area contributed by atoms with Gasteiger partial charge in [-0.05, 0) is 5.92 Å². The van der Waals surface area contributed by atoms with Crippen molar-refractivity contribution in [3.05, 3.63) is 56.3 Å². The number of carboxylic acid groups (broad SMARTS) is 1. The van der Waals surface area contributed by atoms with Crippen molar-refractivity contribution in [1.29, 1.82) is 0 Å². The number of hydrogen-bond donors (Lipinski definition) is 1. The van der Waals surface area contributed by atoms with Gasteiger partial charge in [-0.2, -0.15) is 0 Å². The van der Waals surface area contributed by atoms with Crippen LogP contribution in [0.25, 0.3) is 11.3 Å². The Labute approximate surface area is 181 Å². The number of fused-ring (bicyclic) bond motifs is 5. The predicted octanol–water partition coefficient (Wildman–Crippen LogP) is 3.58. The Morgan fingerprint density at radius 3 is 2.97 bits per heavy atom. The van der Waals surface area contributed by atoms with E-state index < -0.39 is 17.6 Å². The highest BCUT2D eigenvalue weighted by Gasteiger charge is 2.35. The summed E-state index contributed by atoms with van der Waals surface area (Å²) in [5.41, 5.74) is 1.32. The third-order valence-electron chi connectivity index (χ3n) is 5.20. The molecule has 0 amide bonds. The molecule has 3 aromatic rings. The Morgan fingerprint density at radius 1 is 1.42 bits per heavy atom. The fourth-order valence-corrected chi connectivity index (χ4v) is 4.53. The average molecular weight is 440 g/mol. The van der Waals surface area contributed by atoms with Crippen LogP contribution in [0.5, 0.6) is 17.2 Å². The second kappa shape index (κ2) is 7.42. The van der Waals surface area contributed by atoms with Gasteiger partial charge in [0.2, 0.25) is 6.23 Å². The normalized spacial score (nSPS) is 16.2. The first-order valence-electron chi connectivity index (χ1n) is 9.95. The largest absolute Gasteiger partial charge is 0.489 e. The average Bonchev–Trinajstić information content (AvgIpc) is 3.42. The molecule has 0 spiro atoms. The molecule has 9 heteroatoms. The van der Waals surface area contributed by atoms with Crippen LogP contribution in [0.3, 0.4) is 0 Å². The van der Waals surface area contributed by atoms with E-state index in [1.165, 1.54) is 23.6 Å². The van der Waals surface area contributed by atoms with Crippen LogP contribution in [0.2, 0.25) is 0 Å². The molecule has 0 fully saturated rings. The maximum Gasteiger partial charge on any atom is 0.341 e. The molecule has 0 saturated carbocycles. The molecule has 0 bridgehead atoms. The maximum atomic E-state index is 12.6. The lowest BCUT2D eigenvalue weighted by Crippen LogP contribution is -2.28. The van der Waals surface area contributed by atoms with Crippen LogP contribution in [-0.4, -0.2) is 33.8 Å². The Morgan fingerprint density at radius 2 is 2.26 bits per heavy atom. The van der Waals surface area contributed by atoms with Crippen molar-refractivity contribution < 1.29 is 24.1 Å². The molecule has 8 nitrogen and oxygen atoms in total. The summed E-state index contributed by atoms with van der Waals surface area (Å²) in [5.74, 6) is 0.874. The first-order chi connectivity index (χ1) is 14.9. The number of ether oxygens (including phenoxy) is 3. The molecule has 4 heterocycles. The number of aromatic nitrogens is 2. The smallest absolute Gasteiger partial charge is 0.341 e. The number of aromatic carboxylic acids is 1. The van der Waals surface area contributed by atoms with Gasteiger partial charge in [0.1, 0.15) is 11.3 Å². The number of benzene rings is 1. The minimum Gasteiger partial charge on any atom is -0.489 e. The third kappa shape index (κ3) is 3.25. The summed E-state index contributed by atoms with van der Waals surface area (Å²) >= 11 is 1.39. The van der Waals surface area contributed by atoms with Gasteiger partial charge in [-0.25, -0.2) is 9.78 Å². The highest BCUT2D eigenvalue weighted by Crippen LogP contribution is 2.51. The van der Waals surface area contributed by atoms with Crippen LogP contribution in [0.1, 0.15) is 41.0 Å². The lowest BCUT2D eigenvalue weighted by atomic mass is 9.97. The molecule has 0 saturated heterocycles.